The zero-order valence-corrected chi connectivity index (χ0v) is 15.5. The van der Waals surface area contributed by atoms with Crippen LogP contribution < -0.4 is 5.32 Å². The largest absolute Gasteiger partial charge is 0.467 e. The van der Waals surface area contributed by atoms with Crippen LogP contribution in [-0.2, 0) is 30.2 Å². The number of amides is 1. The molecule has 0 saturated carbocycles. The van der Waals surface area contributed by atoms with Gasteiger partial charge in [-0.2, -0.15) is 0 Å². The fraction of sp³-hybridized carbons (Fsp3) is 0.526. The Morgan fingerprint density at radius 1 is 1.04 bits per heavy atom. The van der Waals surface area contributed by atoms with Crippen molar-refractivity contribution in [3.8, 4) is 0 Å². The van der Waals surface area contributed by atoms with Crippen LogP contribution in [0.1, 0.15) is 45.1 Å². The van der Waals surface area contributed by atoms with E-state index in [-0.39, 0.29) is 12.8 Å². The van der Waals surface area contributed by atoms with Crippen molar-refractivity contribution >= 4 is 18.0 Å². The summed E-state index contributed by atoms with van der Waals surface area (Å²) >= 11 is 0. The standard InChI is InChI=1S/C19H27NO6/c1-4-9-16(21)25-17(10-5-2)26-19(23)20-15(18(22)24-3)13-14-11-7-6-8-12-14/h6-8,11-12,15,17H,4-5,9-10,13H2,1-3H3,(H,20,23)/t15-,17?/m0/s1. The molecule has 1 N–H and O–H groups in total. The normalized spacial score (nSPS) is 12.6. The van der Waals surface area contributed by atoms with E-state index in [0.29, 0.717) is 19.3 Å². The maximum absolute atomic E-state index is 12.2. The van der Waals surface area contributed by atoms with E-state index in [4.69, 9.17) is 14.2 Å². The van der Waals surface area contributed by atoms with Crippen LogP contribution in [0.5, 0.6) is 0 Å². The highest BCUT2D eigenvalue weighted by atomic mass is 16.7. The molecule has 0 bridgehead atoms. The first-order valence-electron chi connectivity index (χ1n) is 8.78. The second-order valence-electron chi connectivity index (χ2n) is 5.77. The molecule has 0 heterocycles. The van der Waals surface area contributed by atoms with E-state index in [1.54, 1.807) is 0 Å². The zero-order chi connectivity index (χ0) is 19.4. The number of ether oxygens (including phenoxy) is 3. The Morgan fingerprint density at radius 3 is 2.31 bits per heavy atom. The van der Waals surface area contributed by atoms with Crippen molar-refractivity contribution in [2.75, 3.05) is 7.11 Å². The topological polar surface area (TPSA) is 90.9 Å². The van der Waals surface area contributed by atoms with Crippen molar-refractivity contribution in [1.29, 1.82) is 0 Å². The predicted octanol–water partition coefficient (Wildman–Crippen LogP) is 2.97. The molecule has 0 aliphatic rings. The molecule has 144 valence electrons. The van der Waals surface area contributed by atoms with E-state index in [1.807, 2.05) is 44.2 Å². The molecule has 0 saturated heterocycles. The molecule has 1 aromatic rings. The van der Waals surface area contributed by atoms with Crippen LogP contribution >= 0.6 is 0 Å². The highest BCUT2D eigenvalue weighted by Crippen LogP contribution is 2.09. The number of methoxy groups -OCH3 is 1. The first kappa shape index (κ1) is 21.5. The highest BCUT2D eigenvalue weighted by molar-refractivity contribution is 5.81. The van der Waals surface area contributed by atoms with Gasteiger partial charge in [0.05, 0.1) is 7.11 Å². The molecule has 26 heavy (non-hydrogen) atoms. The summed E-state index contributed by atoms with van der Waals surface area (Å²) in [5, 5.41) is 2.48. The van der Waals surface area contributed by atoms with Gasteiger partial charge in [-0.15, -0.1) is 0 Å². The molecule has 0 aliphatic heterocycles. The zero-order valence-electron chi connectivity index (χ0n) is 15.5. The predicted molar refractivity (Wildman–Crippen MR) is 95.3 cm³/mol. The van der Waals surface area contributed by atoms with Crippen LogP contribution in [0.15, 0.2) is 30.3 Å². The fourth-order valence-corrected chi connectivity index (χ4v) is 2.27. The number of alkyl carbamates (subject to hydrolysis) is 1. The van der Waals surface area contributed by atoms with Gasteiger partial charge in [0.25, 0.3) is 0 Å². The third-order valence-electron chi connectivity index (χ3n) is 3.54. The molecule has 0 aliphatic carbocycles. The molecule has 0 fully saturated rings. The Balaban J connectivity index is 2.68. The highest BCUT2D eigenvalue weighted by Gasteiger charge is 2.25. The minimum atomic E-state index is -0.978. The van der Waals surface area contributed by atoms with Crippen LogP contribution in [0.2, 0.25) is 0 Å². The molecule has 1 aromatic carbocycles. The van der Waals surface area contributed by atoms with Crippen LogP contribution in [0.4, 0.5) is 4.79 Å². The van der Waals surface area contributed by atoms with Crippen LogP contribution in [0.25, 0.3) is 0 Å². The smallest absolute Gasteiger partial charge is 0.410 e. The lowest BCUT2D eigenvalue weighted by atomic mass is 10.1. The van der Waals surface area contributed by atoms with Gasteiger partial charge < -0.3 is 19.5 Å². The van der Waals surface area contributed by atoms with Gasteiger partial charge in [0.1, 0.15) is 6.04 Å². The molecule has 0 aromatic heterocycles. The molecule has 2 atom stereocenters. The van der Waals surface area contributed by atoms with Crippen molar-refractivity contribution in [2.45, 2.75) is 58.3 Å². The van der Waals surface area contributed by atoms with Gasteiger partial charge in [0.15, 0.2) is 0 Å². The molecular formula is C19H27NO6. The van der Waals surface area contributed by atoms with E-state index in [1.165, 1.54) is 7.11 Å². The maximum Gasteiger partial charge on any atom is 0.410 e. The molecule has 1 unspecified atom stereocenters. The summed E-state index contributed by atoms with van der Waals surface area (Å²) in [7, 11) is 1.25. The number of esters is 2. The molecule has 0 radical (unpaired) electrons. The van der Waals surface area contributed by atoms with Gasteiger partial charge in [-0.1, -0.05) is 44.2 Å². The van der Waals surface area contributed by atoms with E-state index in [2.05, 4.69) is 5.32 Å². The summed E-state index contributed by atoms with van der Waals surface area (Å²) in [6.07, 6.45) is 0.395. The third kappa shape index (κ3) is 8.00. The molecule has 7 heteroatoms. The van der Waals surface area contributed by atoms with Crippen molar-refractivity contribution in [1.82, 2.24) is 5.32 Å². The minimum absolute atomic E-state index is 0.254. The SMILES string of the molecule is CCCC(=O)OC(CCC)OC(=O)N[C@@H](Cc1ccccc1)C(=O)OC. The summed E-state index contributed by atoms with van der Waals surface area (Å²) in [6.45, 7) is 3.74. The van der Waals surface area contributed by atoms with Crippen molar-refractivity contribution in [2.24, 2.45) is 0 Å². The van der Waals surface area contributed by atoms with Crippen molar-refractivity contribution in [3.05, 3.63) is 35.9 Å². The Bertz CT molecular complexity index is 575. The second kappa shape index (κ2) is 11.9. The minimum Gasteiger partial charge on any atom is -0.467 e. The number of hydrogen-bond donors (Lipinski definition) is 1. The summed E-state index contributed by atoms with van der Waals surface area (Å²) in [6, 6.07) is 8.32. The summed E-state index contributed by atoms with van der Waals surface area (Å²) in [5.41, 5.74) is 0.864. The Kier molecular flexibility index (Phi) is 9.82. The first-order valence-corrected chi connectivity index (χ1v) is 8.78. The number of nitrogens with one attached hydrogen (secondary N) is 1. The van der Waals surface area contributed by atoms with Crippen LogP contribution in [-0.4, -0.2) is 37.5 Å². The third-order valence-corrected chi connectivity index (χ3v) is 3.54. The van der Waals surface area contributed by atoms with Crippen LogP contribution in [0.3, 0.4) is 0 Å². The maximum atomic E-state index is 12.2. The summed E-state index contributed by atoms with van der Waals surface area (Å²) < 4.78 is 15.1. The molecule has 0 spiro atoms. The lowest BCUT2D eigenvalue weighted by molar-refractivity contribution is -0.169. The Hall–Kier alpha value is -2.57. The average Bonchev–Trinajstić information content (AvgIpc) is 2.61. The Labute approximate surface area is 154 Å². The number of carbonyl (C=O) groups excluding carboxylic acids is 3. The monoisotopic (exact) mass is 365 g/mol. The summed E-state index contributed by atoms with van der Waals surface area (Å²) in [4.78, 5) is 35.7. The fourth-order valence-electron chi connectivity index (χ4n) is 2.27. The number of benzene rings is 1. The number of rotatable bonds is 10. The van der Waals surface area contributed by atoms with E-state index < -0.39 is 30.4 Å². The van der Waals surface area contributed by atoms with E-state index >= 15 is 0 Å². The molecule has 7 nitrogen and oxygen atoms in total. The molecule has 1 amide bonds. The number of carbonyl (C=O) groups is 3. The number of hydrogen-bond acceptors (Lipinski definition) is 6. The van der Waals surface area contributed by atoms with E-state index in [0.717, 1.165) is 5.56 Å². The van der Waals surface area contributed by atoms with Gasteiger partial charge >= 0.3 is 18.0 Å². The quantitative estimate of drug-likeness (QED) is 0.506. The van der Waals surface area contributed by atoms with Gasteiger partial charge in [0, 0.05) is 19.3 Å². The lowest BCUT2D eigenvalue weighted by Crippen LogP contribution is -2.44. The summed E-state index contributed by atoms with van der Waals surface area (Å²) in [5.74, 6) is -1.01. The lowest BCUT2D eigenvalue weighted by Gasteiger charge is -2.21. The van der Waals surface area contributed by atoms with Crippen molar-refractivity contribution < 1.29 is 28.6 Å². The van der Waals surface area contributed by atoms with Gasteiger partial charge in [-0.05, 0) is 18.4 Å². The van der Waals surface area contributed by atoms with Crippen molar-refractivity contribution in [3.63, 3.8) is 0 Å². The van der Waals surface area contributed by atoms with Crippen LogP contribution in [0, 0.1) is 0 Å². The van der Waals surface area contributed by atoms with E-state index in [9.17, 15) is 14.4 Å². The van der Waals surface area contributed by atoms with Gasteiger partial charge in [0.2, 0.25) is 6.29 Å². The first-order chi connectivity index (χ1) is 12.5. The molecular weight excluding hydrogens is 338 g/mol. The molecule has 1 rings (SSSR count). The average molecular weight is 365 g/mol. The Morgan fingerprint density at radius 2 is 1.73 bits per heavy atom. The van der Waals surface area contributed by atoms with Gasteiger partial charge in [-0.25, -0.2) is 9.59 Å². The van der Waals surface area contributed by atoms with Gasteiger partial charge in [-0.3, -0.25) is 4.79 Å². The second-order valence-corrected chi connectivity index (χ2v) is 5.77.